The molecule has 8 heteroatoms. The Morgan fingerprint density at radius 2 is 1.80 bits per heavy atom. The number of hydrogen-bond acceptors (Lipinski definition) is 6. The van der Waals surface area contributed by atoms with Gasteiger partial charge >= 0.3 is 0 Å². The molecule has 0 aliphatic carbocycles. The Hall–Kier alpha value is -2.97. The Morgan fingerprint density at radius 3 is 2.51 bits per heavy atom. The maximum absolute atomic E-state index is 13.7. The van der Waals surface area contributed by atoms with Crippen molar-refractivity contribution in [2.45, 2.75) is 33.7 Å². The second-order valence-corrected chi connectivity index (χ2v) is 11.3. The smallest absolute Gasteiger partial charge is 0.267 e. The van der Waals surface area contributed by atoms with Crippen molar-refractivity contribution in [3.8, 4) is 0 Å². The highest BCUT2D eigenvalue weighted by Crippen LogP contribution is 2.35. The van der Waals surface area contributed by atoms with Crippen molar-refractivity contribution in [1.82, 2.24) is 14.3 Å². The molecule has 0 unspecified atom stereocenters. The fourth-order valence-electron chi connectivity index (χ4n) is 5.04. The molecule has 2 aliphatic heterocycles. The molecule has 35 heavy (non-hydrogen) atoms. The first kappa shape index (κ1) is 23.8. The van der Waals surface area contributed by atoms with Crippen LogP contribution in [0.3, 0.4) is 0 Å². The predicted molar refractivity (Wildman–Crippen MR) is 147 cm³/mol. The van der Waals surface area contributed by atoms with Crippen LogP contribution in [0.4, 0.5) is 5.82 Å². The maximum atomic E-state index is 13.7. The van der Waals surface area contributed by atoms with Crippen molar-refractivity contribution in [2.24, 2.45) is 11.8 Å². The van der Waals surface area contributed by atoms with Crippen molar-refractivity contribution in [2.75, 3.05) is 18.0 Å². The Bertz CT molecular complexity index is 1390. The first-order valence-corrected chi connectivity index (χ1v) is 13.1. The summed E-state index contributed by atoms with van der Waals surface area (Å²) in [6.45, 7) is 8.49. The van der Waals surface area contributed by atoms with Crippen LogP contribution in [0.1, 0.15) is 37.0 Å². The number of carbonyl (C=O) groups excluding carboxylic acids is 1. The van der Waals surface area contributed by atoms with Gasteiger partial charge in [-0.25, -0.2) is 4.98 Å². The highest BCUT2D eigenvalue weighted by atomic mass is 32.2. The topological polar surface area (TPSA) is 57.9 Å². The number of aromatic nitrogens is 2. The zero-order valence-electron chi connectivity index (χ0n) is 20.1. The number of rotatable bonds is 4. The molecule has 0 radical (unpaired) electrons. The van der Waals surface area contributed by atoms with Crippen molar-refractivity contribution in [3.05, 3.63) is 80.6 Å². The monoisotopic (exact) mass is 504 g/mol. The summed E-state index contributed by atoms with van der Waals surface area (Å²) in [5.74, 6) is 1.46. The van der Waals surface area contributed by atoms with Crippen LogP contribution in [0, 0.1) is 18.8 Å². The Morgan fingerprint density at radius 1 is 1.09 bits per heavy atom. The lowest BCUT2D eigenvalue weighted by molar-refractivity contribution is -0.122. The number of thiocarbonyl (C=S) groups is 1. The van der Waals surface area contributed by atoms with Crippen molar-refractivity contribution < 1.29 is 4.79 Å². The first-order valence-electron chi connectivity index (χ1n) is 11.9. The van der Waals surface area contributed by atoms with Gasteiger partial charge in [0.15, 0.2) is 0 Å². The van der Waals surface area contributed by atoms with Crippen molar-refractivity contribution in [1.29, 1.82) is 0 Å². The lowest BCUT2D eigenvalue weighted by Crippen LogP contribution is -2.40. The summed E-state index contributed by atoms with van der Waals surface area (Å²) in [7, 11) is 0. The molecule has 6 nitrogen and oxygen atoms in total. The Labute approximate surface area is 214 Å². The molecule has 0 bridgehead atoms. The van der Waals surface area contributed by atoms with Gasteiger partial charge < -0.3 is 4.90 Å². The van der Waals surface area contributed by atoms with Gasteiger partial charge in [-0.3, -0.25) is 18.9 Å². The molecule has 1 amide bonds. The van der Waals surface area contributed by atoms with E-state index in [4.69, 9.17) is 17.2 Å². The summed E-state index contributed by atoms with van der Waals surface area (Å²) in [5, 5.41) is 0. The molecular formula is C27H28N4O2S2. The minimum absolute atomic E-state index is 0.173. The van der Waals surface area contributed by atoms with E-state index in [0.29, 0.717) is 44.6 Å². The summed E-state index contributed by atoms with van der Waals surface area (Å²) in [5.41, 5.74) is 2.85. The lowest BCUT2D eigenvalue weighted by Gasteiger charge is -2.36. The third-order valence-corrected chi connectivity index (χ3v) is 7.94. The fourth-order valence-corrected chi connectivity index (χ4v) is 6.27. The van der Waals surface area contributed by atoms with Crippen LogP contribution >= 0.6 is 24.0 Å². The third kappa shape index (κ3) is 4.65. The molecule has 0 saturated carbocycles. The van der Waals surface area contributed by atoms with Gasteiger partial charge in [0.2, 0.25) is 0 Å². The highest BCUT2D eigenvalue weighted by Gasteiger charge is 2.33. The van der Waals surface area contributed by atoms with Crippen LogP contribution < -0.4 is 10.5 Å². The number of thioether (sulfide) groups is 1. The molecule has 1 aromatic carbocycles. The molecule has 3 aromatic rings. The van der Waals surface area contributed by atoms with Gasteiger partial charge in [0.1, 0.15) is 15.8 Å². The van der Waals surface area contributed by atoms with Crippen LogP contribution in [-0.4, -0.2) is 37.6 Å². The number of pyridine rings is 1. The van der Waals surface area contributed by atoms with E-state index in [1.165, 1.54) is 11.8 Å². The lowest BCUT2D eigenvalue weighted by atomic mass is 9.91. The molecule has 5 rings (SSSR count). The maximum Gasteiger partial charge on any atom is 0.267 e. The summed E-state index contributed by atoms with van der Waals surface area (Å²) < 4.78 is 2.07. The number of benzene rings is 1. The number of amides is 1. The number of nitrogens with zero attached hydrogens (tertiary/aromatic N) is 4. The molecule has 4 heterocycles. The largest absolute Gasteiger partial charge is 0.355 e. The number of carbonyl (C=O) groups is 1. The normalized spacial score (nSPS) is 22.0. The van der Waals surface area contributed by atoms with Crippen LogP contribution in [0.5, 0.6) is 0 Å². The van der Waals surface area contributed by atoms with Crippen LogP contribution in [0.15, 0.2) is 58.4 Å². The fraction of sp³-hybridized carbons (Fsp3) is 0.333. The predicted octanol–water partition coefficient (Wildman–Crippen LogP) is 4.89. The van der Waals surface area contributed by atoms with E-state index in [1.807, 2.05) is 49.4 Å². The molecule has 2 fully saturated rings. The molecule has 2 aromatic heterocycles. The highest BCUT2D eigenvalue weighted by molar-refractivity contribution is 8.26. The molecular weight excluding hydrogens is 476 g/mol. The van der Waals surface area contributed by atoms with Crippen molar-refractivity contribution >= 4 is 51.7 Å². The van der Waals surface area contributed by atoms with Crippen LogP contribution in [0.25, 0.3) is 11.7 Å². The quantitative estimate of drug-likeness (QED) is 0.373. The second kappa shape index (κ2) is 9.59. The van der Waals surface area contributed by atoms with Gasteiger partial charge in [0, 0.05) is 19.3 Å². The third-order valence-electron chi connectivity index (χ3n) is 6.57. The number of fused-ring (bicyclic) bond motifs is 1. The summed E-state index contributed by atoms with van der Waals surface area (Å²) >= 11 is 6.79. The minimum atomic E-state index is -0.177. The zero-order chi connectivity index (χ0) is 24.7. The summed E-state index contributed by atoms with van der Waals surface area (Å²) in [4.78, 5) is 36.3. The van der Waals surface area contributed by atoms with Gasteiger partial charge in [-0.05, 0) is 48.4 Å². The minimum Gasteiger partial charge on any atom is -0.355 e. The van der Waals surface area contributed by atoms with Crippen LogP contribution in [0.2, 0.25) is 0 Å². The molecule has 2 aliphatic rings. The number of aryl methyl sites for hydroxylation is 1. The second-order valence-electron chi connectivity index (χ2n) is 9.64. The SMILES string of the molecule is Cc1cccn2c(=O)c(/C=C3\SC(=S)N(Cc4ccccc4)C3=O)c(N3C[C@H](C)C[C@H](C)C3)nc12. The van der Waals surface area contributed by atoms with E-state index in [9.17, 15) is 9.59 Å². The first-order chi connectivity index (χ1) is 16.8. The number of anilines is 1. The van der Waals surface area contributed by atoms with Gasteiger partial charge in [0.25, 0.3) is 11.5 Å². The van der Waals surface area contributed by atoms with Gasteiger partial charge in [-0.15, -0.1) is 0 Å². The summed E-state index contributed by atoms with van der Waals surface area (Å²) in [6.07, 6.45) is 4.59. The standard InChI is InChI=1S/C27H28N4O2S2/c1-17-12-18(2)15-29(14-17)24-21(25(32)30-11-7-8-19(3)23(30)28-24)13-22-26(33)31(27(34)35-22)16-20-9-5-4-6-10-20/h4-11,13,17-18H,12,14-16H2,1-3H3/b22-13-/t17-,18+. The molecule has 0 N–H and O–H groups in total. The zero-order valence-corrected chi connectivity index (χ0v) is 21.7. The average molecular weight is 505 g/mol. The van der Waals surface area contributed by atoms with E-state index < -0.39 is 0 Å². The number of hydrogen-bond donors (Lipinski definition) is 0. The molecule has 180 valence electrons. The Kier molecular flexibility index (Phi) is 6.51. The van der Waals surface area contributed by atoms with Gasteiger partial charge in [-0.1, -0.05) is 74.2 Å². The number of piperidine rings is 1. The van der Waals surface area contributed by atoms with E-state index >= 15 is 0 Å². The van der Waals surface area contributed by atoms with E-state index in [0.717, 1.165) is 30.6 Å². The van der Waals surface area contributed by atoms with E-state index in [2.05, 4.69) is 18.7 Å². The van der Waals surface area contributed by atoms with Gasteiger partial charge in [0.05, 0.1) is 17.0 Å². The van der Waals surface area contributed by atoms with E-state index in [1.54, 1.807) is 21.6 Å². The molecule has 2 atom stereocenters. The van der Waals surface area contributed by atoms with Crippen molar-refractivity contribution in [3.63, 3.8) is 0 Å². The Balaban J connectivity index is 1.60. The van der Waals surface area contributed by atoms with Gasteiger partial charge in [-0.2, -0.15) is 0 Å². The summed E-state index contributed by atoms with van der Waals surface area (Å²) in [6, 6.07) is 13.6. The average Bonchev–Trinajstić information content (AvgIpc) is 3.08. The molecule has 0 spiro atoms. The van der Waals surface area contributed by atoms with Crippen LogP contribution in [-0.2, 0) is 11.3 Å². The van der Waals surface area contributed by atoms with E-state index in [-0.39, 0.29) is 11.5 Å². The molecule has 2 saturated heterocycles.